The van der Waals surface area contributed by atoms with Crippen LogP contribution in [-0.2, 0) is 4.79 Å². The number of hydrogen-bond donors (Lipinski definition) is 1. The lowest BCUT2D eigenvalue weighted by atomic mass is 10.0. The van der Waals surface area contributed by atoms with Gasteiger partial charge in [0.1, 0.15) is 0 Å². The molecule has 1 amide bonds. The highest BCUT2D eigenvalue weighted by molar-refractivity contribution is 5.92. The molecule has 4 heteroatoms. The van der Waals surface area contributed by atoms with Gasteiger partial charge < -0.3 is 14.8 Å². The summed E-state index contributed by atoms with van der Waals surface area (Å²) in [5.74, 6) is 1.41. The van der Waals surface area contributed by atoms with Crippen LogP contribution in [0.1, 0.15) is 36.9 Å². The molecule has 1 heterocycles. The maximum atomic E-state index is 12.2. The van der Waals surface area contributed by atoms with Crippen LogP contribution in [0.4, 0.5) is 0 Å². The minimum absolute atomic E-state index is 0.0647. The van der Waals surface area contributed by atoms with Gasteiger partial charge in [0.25, 0.3) is 0 Å². The van der Waals surface area contributed by atoms with E-state index in [-0.39, 0.29) is 11.9 Å². The summed E-state index contributed by atoms with van der Waals surface area (Å²) in [5, 5.41) is 3.05. The molecular formula is C21H23NO3. The van der Waals surface area contributed by atoms with E-state index in [1.165, 1.54) is 0 Å². The zero-order valence-electron chi connectivity index (χ0n) is 14.4. The quantitative estimate of drug-likeness (QED) is 0.835. The molecule has 0 bridgehead atoms. The number of benzene rings is 2. The monoisotopic (exact) mass is 337 g/mol. The van der Waals surface area contributed by atoms with Crippen molar-refractivity contribution >= 4 is 12.0 Å². The van der Waals surface area contributed by atoms with Gasteiger partial charge in [-0.05, 0) is 35.8 Å². The minimum Gasteiger partial charge on any atom is -0.490 e. The molecule has 0 fully saturated rings. The van der Waals surface area contributed by atoms with Crippen LogP contribution in [0, 0.1) is 0 Å². The first kappa shape index (κ1) is 17.1. The molecule has 0 radical (unpaired) electrons. The Morgan fingerprint density at radius 1 is 1.12 bits per heavy atom. The first-order valence-corrected chi connectivity index (χ1v) is 8.69. The smallest absolute Gasteiger partial charge is 0.244 e. The van der Waals surface area contributed by atoms with Crippen LogP contribution in [0.3, 0.4) is 0 Å². The van der Waals surface area contributed by atoms with Crippen LogP contribution in [0.25, 0.3) is 6.08 Å². The number of hydrogen-bond acceptors (Lipinski definition) is 3. The van der Waals surface area contributed by atoms with Crippen molar-refractivity contribution in [3.63, 3.8) is 0 Å². The number of carbonyl (C=O) groups excluding carboxylic acids is 1. The Bertz CT molecular complexity index is 740. The summed E-state index contributed by atoms with van der Waals surface area (Å²) in [7, 11) is 0. The molecular weight excluding hydrogens is 314 g/mol. The Labute approximate surface area is 148 Å². The third-order valence-corrected chi connectivity index (χ3v) is 4.13. The van der Waals surface area contributed by atoms with Gasteiger partial charge in [-0.1, -0.05) is 43.3 Å². The van der Waals surface area contributed by atoms with E-state index in [0.717, 1.165) is 35.5 Å². The van der Waals surface area contributed by atoms with Crippen LogP contribution >= 0.6 is 0 Å². The van der Waals surface area contributed by atoms with Crippen LogP contribution in [0.15, 0.2) is 54.6 Å². The van der Waals surface area contributed by atoms with E-state index in [4.69, 9.17) is 9.47 Å². The van der Waals surface area contributed by atoms with Crippen LogP contribution in [-0.4, -0.2) is 19.1 Å². The summed E-state index contributed by atoms with van der Waals surface area (Å²) < 4.78 is 11.4. The van der Waals surface area contributed by atoms with E-state index in [2.05, 4.69) is 12.2 Å². The second kappa shape index (κ2) is 8.38. The topological polar surface area (TPSA) is 47.6 Å². The molecule has 0 spiro atoms. The van der Waals surface area contributed by atoms with E-state index < -0.39 is 0 Å². The molecule has 25 heavy (non-hydrogen) atoms. The van der Waals surface area contributed by atoms with Crippen LogP contribution < -0.4 is 14.8 Å². The summed E-state index contributed by atoms with van der Waals surface area (Å²) in [5.41, 5.74) is 2.02. The van der Waals surface area contributed by atoms with Crippen molar-refractivity contribution in [2.24, 2.45) is 0 Å². The first-order valence-electron chi connectivity index (χ1n) is 8.69. The SMILES string of the molecule is CC[C@H](NC(=O)/C=C/c1ccccc1)c1ccc2c(c1)OCCCO2. The fourth-order valence-corrected chi connectivity index (χ4v) is 2.77. The largest absolute Gasteiger partial charge is 0.490 e. The van der Waals surface area contributed by atoms with Gasteiger partial charge in [0, 0.05) is 12.5 Å². The first-order chi connectivity index (χ1) is 12.3. The Balaban J connectivity index is 1.69. The molecule has 1 atom stereocenters. The number of nitrogens with one attached hydrogen (secondary N) is 1. The fourth-order valence-electron chi connectivity index (χ4n) is 2.77. The Morgan fingerprint density at radius 3 is 2.64 bits per heavy atom. The van der Waals surface area contributed by atoms with E-state index in [1.807, 2.05) is 54.6 Å². The second-order valence-corrected chi connectivity index (χ2v) is 5.97. The molecule has 1 aliphatic heterocycles. The van der Waals surface area contributed by atoms with Gasteiger partial charge in [0.05, 0.1) is 19.3 Å². The highest BCUT2D eigenvalue weighted by Gasteiger charge is 2.16. The van der Waals surface area contributed by atoms with E-state index in [9.17, 15) is 4.79 Å². The lowest BCUT2D eigenvalue weighted by Crippen LogP contribution is -2.26. The Kier molecular flexibility index (Phi) is 5.73. The van der Waals surface area contributed by atoms with Gasteiger partial charge in [-0.2, -0.15) is 0 Å². The van der Waals surface area contributed by atoms with Crippen molar-refractivity contribution in [1.82, 2.24) is 5.32 Å². The molecule has 3 rings (SSSR count). The summed E-state index contributed by atoms with van der Waals surface area (Å²) in [6.07, 6.45) is 5.06. The average molecular weight is 337 g/mol. The van der Waals surface area contributed by atoms with Gasteiger partial charge in [-0.25, -0.2) is 0 Å². The van der Waals surface area contributed by atoms with Gasteiger partial charge in [-0.15, -0.1) is 0 Å². The molecule has 1 N–H and O–H groups in total. The van der Waals surface area contributed by atoms with Gasteiger partial charge >= 0.3 is 0 Å². The molecule has 0 unspecified atom stereocenters. The zero-order valence-corrected chi connectivity index (χ0v) is 14.4. The van der Waals surface area contributed by atoms with Gasteiger partial charge in [0.2, 0.25) is 5.91 Å². The highest BCUT2D eigenvalue weighted by Crippen LogP contribution is 2.33. The Morgan fingerprint density at radius 2 is 1.88 bits per heavy atom. The molecule has 0 saturated heterocycles. The van der Waals surface area contributed by atoms with E-state index in [0.29, 0.717) is 13.2 Å². The summed E-state index contributed by atoms with van der Waals surface area (Å²) in [6, 6.07) is 15.6. The fraction of sp³-hybridized carbons (Fsp3) is 0.286. The van der Waals surface area contributed by atoms with Crippen LogP contribution in [0.5, 0.6) is 11.5 Å². The summed E-state index contributed by atoms with van der Waals surface area (Å²) in [6.45, 7) is 3.37. The van der Waals surface area contributed by atoms with Crippen molar-refractivity contribution < 1.29 is 14.3 Å². The number of ether oxygens (including phenoxy) is 2. The third-order valence-electron chi connectivity index (χ3n) is 4.13. The lowest BCUT2D eigenvalue weighted by Gasteiger charge is -2.18. The normalized spacial score (nSPS) is 14.8. The number of fused-ring (bicyclic) bond motifs is 1. The Hall–Kier alpha value is -2.75. The van der Waals surface area contributed by atoms with Crippen molar-refractivity contribution in [3.8, 4) is 11.5 Å². The van der Waals surface area contributed by atoms with Crippen LogP contribution in [0.2, 0.25) is 0 Å². The van der Waals surface area contributed by atoms with E-state index in [1.54, 1.807) is 6.08 Å². The summed E-state index contributed by atoms with van der Waals surface area (Å²) in [4.78, 5) is 12.2. The lowest BCUT2D eigenvalue weighted by molar-refractivity contribution is -0.117. The van der Waals surface area contributed by atoms with Crippen molar-refractivity contribution in [2.45, 2.75) is 25.8 Å². The molecule has 130 valence electrons. The van der Waals surface area contributed by atoms with Crippen molar-refractivity contribution in [3.05, 3.63) is 65.7 Å². The molecule has 1 aliphatic rings. The number of amides is 1. The van der Waals surface area contributed by atoms with Crippen molar-refractivity contribution in [2.75, 3.05) is 13.2 Å². The molecule has 4 nitrogen and oxygen atoms in total. The molecule has 0 aromatic heterocycles. The molecule has 0 aliphatic carbocycles. The van der Waals surface area contributed by atoms with Gasteiger partial charge in [0.15, 0.2) is 11.5 Å². The predicted octanol–water partition coefficient (Wildman–Crippen LogP) is 4.13. The van der Waals surface area contributed by atoms with E-state index >= 15 is 0 Å². The predicted molar refractivity (Wildman–Crippen MR) is 98.7 cm³/mol. The molecule has 2 aromatic rings. The maximum absolute atomic E-state index is 12.2. The number of carbonyl (C=O) groups is 1. The highest BCUT2D eigenvalue weighted by atomic mass is 16.5. The van der Waals surface area contributed by atoms with Crippen molar-refractivity contribution in [1.29, 1.82) is 0 Å². The van der Waals surface area contributed by atoms with Gasteiger partial charge in [-0.3, -0.25) is 4.79 Å². The number of rotatable bonds is 5. The second-order valence-electron chi connectivity index (χ2n) is 5.97. The minimum atomic E-state index is -0.109. The standard InChI is InChI=1S/C21H23NO3/c1-2-18(22-21(23)12-9-16-7-4-3-5-8-16)17-10-11-19-20(15-17)25-14-6-13-24-19/h3-5,7-12,15,18H,2,6,13-14H2,1H3,(H,22,23)/b12-9+/t18-/m0/s1. The zero-order chi connectivity index (χ0) is 17.5. The average Bonchev–Trinajstić information content (AvgIpc) is 2.90. The maximum Gasteiger partial charge on any atom is 0.244 e. The molecule has 2 aromatic carbocycles. The molecule has 0 saturated carbocycles. The summed E-state index contributed by atoms with van der Waals surface area (Å²) >= 11 is 0. The third kappa shape index (κ3) is 4.63.